The van der Waals surface area contributed by atoms with Crippen LogP contribution in [0.5, 0.6) is 0 Å². The Morgan fingerprint density at radius 2 is 1.72 bits per heavy atom. The summed E-state index contributed by atoms with van der Waals surface area (Å²) < 4.78 is 0. The Bertz CT molecular complexity index is 514. The van der Waals surface area contributed by atoms with Gasteiger partial charge in [0.05, 0.1) is 17.6 Å². The second-order valence-corrected chi connectivity index (χ2v) is 4.67. The molecular formula is C15H18N2O. The van der Waals surface area contributed by atoms with Crippen LogP contribution in [-0.4, -0.2) is 15.1 Å². The van der Waals surface area contributed by atoms with Gasteiger partial charge in [-0.1, -0.05) is 18.2 Å². The molecule has 1 unspecified atom stereocenters. The molecule has 0 radical (unpaired) electrons. The molecule has 0 aliphatic heterocycles. The standard InChI is InChI=1S/C15H18N2O/c1-10-5-4-6-11(2)13(10)7-15(18)14-9-16-12(3)8-17-14/h4-6,8-9,15,18H,7H2,1-3H3. The quantitative estimate of drug-likeness (QED) is 0.900. The summed E-state index contributed by atoms with van der Waals surface area (Å²) in [6.07, 6.45) is 3.31. The summed E-state index contributed by atoms with van der Waals surface area (Å²) in [5.74, 6) is 0. The summed E-state index contributed by atoms with van der Waals surface area (Å²) in [6.45, 7) is 6.01. The highest BCUT2D eigenvalue weighted by molar-refractivity contribution is 5.34. The van der Waals surface area contributed by atoms with Crippen LogP contribution in [0.2, 0.25) is 0 Å². The lowest BCUT2D eigenvalue weighted by Gasteiger charge is -2.14. The van der Waals surface area contributed by atoms with Crippen molar-refractivity contribution < 1.29 is 5.11 Å². The summed E-state index contributed by atoms with van der Waals surface area (Å²) in [7, 11) is 0. The third-order valence-corrected chi connectivity index (χ3v) is 3.18. The highest BCUT2D eigenvalue weighted by Crippen LogP contribution is 2.21. The Morgan fingerprint density at radius 3 is 2.28 bits per heavy atom. The first-order chi connectivity index (χ1) is 8.58. The van der Waals surface area contributed by atoms with E-state index in [9.17, 15) is 5.11 Å². The van der Waals surface area contributed by atoms with Gasteiger partial charge in [0.1, 0.15) is 6.10 Å². The second kappa shape index (κ2) is 5.27. The van der Waals surface area contributed by atoms with Gasteiger partial charge in [-0.05, 0) is 37.5 Å². The summed E-state index contributed by atoms with van der Waals surface area (Å²) >= 11 is 0. The summed E-state index contributed by atoms with van der Waals surface area (Å²) in [4.78, 5) is 8.39. The molecule has 1 atom stereocenters. The Hall–Kier alpha value is -1.74. The number of aliphatic hydroxyl groups is 1. The lowest BCUT2D eigenvalue weighted by atomic mass is 9.96. The molecule has 3 heteroatoms. The van der Waals surface area contributed by atoms with E-state index in [2.05, 4.69) is 35.9 Å². The van der Waals surface area contributed by atoms with Crippen LogP contribution in [0, 0.1) is 20.8 Å². The topological polar surface area (TPSA) is 46.0 Å². The molecule has 0 spiro atoms. The Morgan fingerprint density at radius 1 is 1.06 bits per heavy atom. The van der Waals surface area contributed by atoms with E-state index in [4.69, 9.17) is 0 Å². The second-order valence-electron chi connectivity index (χ2n) is 4.67. The number of hydrogen-bond acceptors (Lipinski definition) is 3. The third-order valence-electron chi connectivity index (χ3n) is 3.18. The number of nitrogens with zero attached hydrogens (tertiary/aromatic N) is 2. The van der Waals surface area contributed by atoms with E-state index in [0.29, 0.717) is 12.1 Å². The lowest BCUT2D eigenvalue weighted by molar-refractivity contribution is 0.172. The summed E-state index contributed by atoms with van der Waals surface area (Å²) in [5.41, 5.74) is 5.08. The molecule has 0 saturated heterocycles. The molecule has 2 rings (SSSR count). The first kappa shape index (κ1) is 12.7. The van der Waals surface area contributed by atoms with E-state index in [-0.39, 0.29) is 0 Å². The Labute approximate surface area is 108 Å². The predicted octanol–water partition coefficient (Wildman–Crippen LogP) is 2.68. The molecule has 0 amide bonds. The van der Waals surface area contributed by atoms with Gasteiger partial charge in [0.25, 0.3) is 0 Å². The molecule has 94 valence electrons. The van der Waals surface area contributed by atoms with Gasteiger partial charge < -0.3 is 5.11 Å². The monoisotopic (exact) mass is 242 g/mol. The van der Waals surface area contributed by atoms with Gasteiger partial charge in [0.15, 0.2) is 0 Å². The molecule has 18 heavy (non-hydrogen) atoms. The maximum atomic E-state index is 10.2. The van der Waals surface area contributed by atoms with Crippen molar-refractivity contribution in [2.24, 2.45) is 0 Å². The van der Waals surface area contributed by atoms with Crippen LogP contribution >= 0.6 is 0 Å². The minimum Gasteiger partial charge on any atom is -0.386 e. The maximum absolute atomic E-state index is 10.2. The van der Waals surface area contributed by atoms with Crippen molar-refractivity contribution in [3.63, 3.8) is 0 Å². The van der Waals surface area contributed by atoms with Crippen molar-refractivity contribution >= 4 is 0 Å². The van der Waals surface area contributed by atoms with E-state index in [1.165, 1.54) is 16.7 Å². The zero-order chi connectivity index (χ0) is 13.1. The zero-order valence-corrected chi connectivity index (χ0v) is 11.0. The smallest absolute Gasteiger partial charge is 0.102 e. The van der Waals surface area contributed by atoms with E-state index >= 15 is 0 Å². The number of aliphatic hydroxyl groups excluding tert-OH is 1. The normalized spacial score (nSPS) is 12.4. The molecule has 1 aromatic carbocycles. The zero-order valence-electron chi connectivity index (χ0n) is 11.0. The van der Waals surface area contributed by atoms with Gasteiger partial charge in [-0.2, -0.15) is 0 Å². The van der Waals surface area contributed by atoms with E-state index in [1.807, 2.05) is 13.0 Å². The minimum atomic E-state index is -0.599. The van der Waals surface area contributed by atoms with Gasteiger partial charge in [-0.3, -0.25) is 9.97 Å². The number of rotatable bonds is 3. The summed E-state index contributed by atoms with van der Waals surface area (Å²) in [5, 5.41) is 10.2. The molecule has 1 heterocycles. The number of hydrogen-bond donors (Lipinski definition) is 1. The molecule has 1 N–H and O–H groups in total. The number of aryl methyl sites for hydroxylation is 3. The molecule has 0 fully saturated rings. The van der Waals surface area contributed by atoms with Crippen LogP contribution in [-0.2, 0) is 6.42 Å². The van der Waals surface area contributed by atoms with Crippen LogP contribution in [0.4, 0.5) is 0 Å². The van der Waals surface area contributed by atoms with Crippen molar-refractivity contribution in [1.82, 2.24) is 9.97 Å². The van der Waals surface area contributed by atoms with E-state index in [1.54, 1.807) is 12.4 Å². The van der Waals surface area contributed by atoms with Gasteiger partial charge in [-0.15, -0.1) is 0 Å². The largest absolute Gasteiger partial charge is 0.386 e. The average molecular weight is 242 g/mol. The molecule has 1 aromatic heterocycles. The van der Waals surface area contributed by atoms with Crippen molar-refractivity contribution in [3.8, 4) is 0 Å². The molecule has 0 saturated carbocycles. The van der Waals surface area contributed by atoms with Crippen LogP contribution in [0.3, 0.4) is 0 Å². The molecule has 2 aromatic rings. The fraction of sp³-hybridized carbons (Fsp3) is 0.333. The van der Waals surface area contributed by atoms with Crippen molar-refractivity contribution in [3.05, 3.63) is 58.7 Å². The average Bonchev–Trinajstić information content (AvgIpc) is 2.34. The highest BCUT2D eigenvalue weighted by atomic mass is 16.3. The van der Waals surface area contributed by atoms with Crippen LogP contribution < -0.4 is 0 Å². The van der Waals surface area contributed by atoms with Crippen LogP contribution in [0.25, 0.3) is 0 Å². The minimum absolute atomic E-state index is 0.580. The first-order valence-electron chi connectivity index (χ1n) is 6.09. The lowest BCUT2D eigenvalue weighted by Crippen LogP contribution is -2.07. The van der Waals surface area contributed by atoms with Crippen molar-refractivity contribution in [1.29, 1.82) is 0 Å². The summed E-state index contributed by atoms with van der Waals surface area (Å²) in [6, 6.07) is 6.16. The molecular weight excluding hydrogens is 224 g/mol. The Balaban J connectivity index is 2.21. The highest BCUT2D eigenvalue weighted by Gasteiger charge is 2.13. The fourth-order valence-electron chi connectivity index (χ4n) is 2.04. The van der Waals surface area contributed by atoms with Crippen LogP contribution in [0.1, 0.15) is 34.2 Å². The number of aromatic nitrogens is 2. The molecule has 0 aliphatic carbocycles. The van der Waals surface area contributed by atoms with Gasteiger partial charge in [-0.25, -0.2) is 0 Å². The van der Waals surface area contributed by atoms with Crippen molar-refractivity contribution in [2.45, 2.75) is 33.3 Å². The molecule has 0 aliphatic rings. The first-order valence-corrected chi connectivity index (χ1v) is 6.09. The molecule has 3 nitrogen and oxygen atoms in total. The van der Waals surface area contributed by atoms with Gasteiger partial charge in [0, 0.05) is 12.6 Å². The van der Waals surface area contributed by atoms with E-state index in [0.717, 1.165) is 5.69 Å². The van der Waals surface area contributed by atoms with Crippen LogP contribution in [0.15, 0.2) is 30.6 Å². The SMILES string of the molecule is Cc1cnc(C(O)Cc2c(C)cccc2C)cn1. The fourth-order valence-corrected chi connectivity index (χ4v) is 2.04. The third kappa shape index (κ3) is 2.74. The van der Waals surface area contributed by atoms with Crippen molar-refractivity contribution in [2.75, 3.05) is 0 Å². The predicted molar refractivity (Wildman–Crippen MR) is 71.3 cm³/mol. The van der Waals surface area contributed by atoms with E-state index < -0.39 is 6.10 Å². The van der Waals surface area contributed by atoms with Gasteiger partial charge in [0.2, 0.25) is 0 Å². The molecule has 0 bridgehead atoms. The number of benzene rings is 1. The Kier molecular flexibility index (Phi) is 3.72. The van der Waals surface area contributed by atoms with Gasteiger partial charge >= 0.3 is 0 Å². The maximum Gasteiger partial charge on any atom is 0.102 e.